The highest BCUT2D eigenvalue weighted by atomic mass is 35.5. The second-order valence-corrected chi connectivity index (χ2v) is 13.1. The molecule has 0 heterocycles. The topological polar surface area (TPSA) is 26.3 Å². The molecule has 4 aliphatic carbocycles. The van der Waals surface area contributed by atoms with Crippen molar-refractivity contribution < 1.29 is 9.53 Å². The van der Waals surface area contributed by atoms with Crippen molar-refractivity contribution in [3.63, 3.8) is 0 Å². The van der Waals surface area contributed by atoms with Crippen LogP contribution in [0.1, 0.15) is 99.3 Å². The number of carbonyl (C=O) groups excluding carboxylic acids is 1. The quantitative estimate of drug-likeness (QED) is 0.283. The van der Waals surface area contributed by atoms with Crippen molar-refractivity contribution in [3.05, 3.63) is 23.8 Å². The minimum Gasteiger partial charge on any atom is -0.450 e. The number of rotatable bonds is 6. The van der Waals surface area contributed by atoms with Crippen LogP contribution in [0.15, 0.2) is 23.8 Å². The van der Waals surface area contributed by atoms with Crippen molar-refractivity contribution in [2.45, 2.75) is 105 Å². The summed E-state index contributed by atoms with van der Waals surface area (Å²) in [6.07, 6.45) is 18.6. The lowest BCUT2D eigenvalue weighted by atomic mass is 9.47. The summed E-state index contributed by atoms with van der Waals surface area (Å²) in [6.45, 7) is 14.7. The van der Waals surface area contributed by atoms with Crippen molar-refractivity contribution in [1.29, 1.82) is 0 Å². The van der Waals surface area contributed by atoms with Crippen LogP contribution in [0.4, 0.5) is 4.79 Å². The summed E-state index contributed by atoms with van der Waals surface area (Å²) in [5.74, 6) is 5.41. The summed E-state index contributed by atoms with van der Waals surface area (Å²) < 4.78 is 5.39. The van der Waals surface area contributed by atoms with Gasteiger partial charge in [-0.3, -0.25) is 0 Å². The number of hydrogen-bond donors (Lipinski definition) is 0. The van der Waals surface area contributed by atoms with Crippen LogP contribution in [0.25, 0.3) is 0 Å². The predicted molar refractivity (Wildman–Crippen MR) is 138 cm³/mol. The third-order valence-electron chi connectivity index (χ3n) is 11.0. The molecule has 3 saturated carbocycles. The zero-order chi connectivity index (χ0) is 24.0. The first-order valence-electron chi connectivity index (χ1n) is 13.8. The molecule has 4 rings (SSSR count). The van der Waals surface area contributed by atoms with Gasteiger partial charge in [0.2, 0.25) is 0 Å². The van der Waals surface area contributed by atoms with Gasteiger partial charge in [0.15, 0.2) is 0 Å². The largest absolute Gasteiger partial charge is 0.450 e. The molecule has 0 spiro atoms. The minimum atomic E-state index is -0.648. The Kier molecular flexibility index (Phi) is 7.46. The van der Waals surface area contributed by atoms with E-state index in [2.05, 4.69) is 59.8 Å². The van der Waals surface area contributed by atoms with Gasteiger partial charge in [0, 0.05) is 18.0 Å². The molecule has 3 fully saturated rings. The first-order valence-corrected chi connectivity index (χ1v) is 14.2. The van der Waals surface area contributed by atoms with E-state index in [1.807, 2.05) is 0 Å². The Hall–Kier alpha value is -0.760. The Morgan fingerprint density at radius 1 is 1.12 bits per heavy atom. The third kappa shape index (κ3) is 4.60. The zero-order valence-corrected chi connectivity index (χ0v) is 22.7. The van der Waals surface area contributed by atoms with E-state index >= 15 is 0 Å². The monoisotopic (exact) mass is 474 g/mol. The second kappa shape index (κ2) is 9.71. The van der Waals surface area contributed by atoms with Gasteiger partial charge in [0.25, 0.3) is 0 Å². The summed E-state index contributed by atoms with van der Waals surface area (Å²) >= 11 is 5.52. The first-order chi connectivity index (χ1) is 15.6. The normalized spacial score (nSPS) is 42.3. The van der Waals surface area contributed by atoms with Crippen LogP contribution < -0.4 is 0 Å². The van der Waals surface area contributed by atoms with Crippen molar-refractivity contribution in [1.82, 2.24) is 0 Å². The Bertz CT molecular complexity index is 784. The zero-order valence-electron chi connectivity index (χ0n) is 21.9. The van der Waals surface area contributed by atoms with Crippen molar-refractivity contribution in [2.24, 2.45) is 52.3 Å². The standard InChI is InChI=1S/C30H47ClO2/c1-7-21(19(2)3)9-8-20(4)25-12-13-26-24-11-10-22-18-23(33-28(31)32)14-16-29(22,5)27(24)15-17-30(25,26)6/h8-10,19-21,23-27H,7,11-18H2,1-6H3/t20-,21-,23+,24?,25-,26?,27?,29+,30-/m1/s1. The highest BCUT2D eigenvalue weighted by Crippen LogP contribution is 2.67. The highest BCUT2D eigenvalue weighted by Gasteiger charge is 2.59. The molecule has 0 bridgehead atoms. The molecule has 3 heteroatoms. The summed E-state index contributed by atoms with van der Waals surface area (Å²) in [6, 6.07) is 0. The number of carbonyl (C=O) groups is 1. The van der Waals surface area contributed by atoms with E-state index < -0.39 is 5.43 Å². The molecular weight excluding hydrogens is 428 g/mol. The Balaban J connectivity index is 1.49. The average molecular weight is 475 g/mol. The van der Waals surface area contributed by atoms with Crippen molar-refractivity contribution in [2.75, 3.05) is 0 Å². The fourth-order valence-electron chi connectivity index (χ4n) is 9.05. The third-order valence-corrected chi connectivity index (χ3v) is 11.1. The maximum atomic E-state index is 11.3. The fourth-order valence-corrected chi connectivity index (χ4v) is 9.17. The number of allylic oxidation sites excluding steroid dienone is 3. The van der Waals surface area contributed by atoms with Gasteiger partial charge < -0.3 is 4.74 Å². The van der Waals surface area contributed by atoms with Crippen molar-refractivity contribution >= 4 is 17.0 Å². The van der Waals surface area contributed by atoms with E-state index in [1.165, 1.54) is 38.5 Å². The summed E-state index contributed by atoms with van der Waals surface area (Å²) in [4.78, 5) is 11.3. The second-order valence-electron chi connectivity index (χ2n) is 12.8. The Morgan fingerprint density at radius 3 is 2.55 bits per heavy atom. The van der Waals surface area contributed by atoms with Crippen LogP contribution in [0.5, 0.6) is 0 Å². The molecule has 0 aromatic carbocycles. The van der Waals surface area contributed by atoms with Gasteiger partial charge in [0.05, 0.1) is 0 Å². The molecule has 0 aromatic rings. The molecule has 9 atom stereocenters. The van der Waals surface area contributed by atoms with Gasteiger partial charge in [-0.1, -0.05) is 65.3 Å². The molecule has 33 heavy (non-hydrogen) atoms. The summed E-state index contributed by atoms with van der Waals surface area (Å²) in [5, 5.41) is 0. The Morgan fingerprint density at radius 2 is 1.88 bits per heavy atom. The number of halogens is 1. The number of fused-ring (bicyclic) bond motifs is 5. The first kappa shape index (κ1) is 25.3. The lowest BCUT2D eigenvalue weighted by Crippen LogP contribution is -2.51. The maximum absolute atomic E-state index is 11.3. The molecule has 0 amide bonds. The smallest absolute Gasteiger partial charge is 0.404 e. The minimum absolute atomic E-state index is 0.0268. The molecule has 0 aliphatic heterocycles. The van der Waals surface area contributed by atoms with Gasteiger partial charge in [-0.15, -0.1) is 0 Å². The average Bonchev–Trinajstić information content (AvgIpc) is 3.11. The van der Waals surface area contributed by atoms with Gasteiger partial charge in [-0.25, -0.2) is 4.79 Å². The lowest BCUT2D eigenvalue weighted by molar-refractivity contribution is -0.0541. The highest BCUT2D eigenvalue weighted by molar-refractivity contribution is 6.61. The number of ether oxygens (including phenoxy) is 1. The van der Waals surface area contributed by atoms with E-state index in [1.54, 1.807) is 5.57 Å². The fraction of sp³-hybridized carbons (Fsp3) is 0.833. The summed E-state index contributed by atoms with van der Waals surface area (Å²) in [7, 11) is 0. The Labute approximate surface area is 207 Å². The predicted octanol–water partition coefficient (Wildman–Crippen LogP) is 9.18. The van der Waals surface area contributed by atoms with Gasteiger partial charge in [-0.05, 0) is 104 Å². The molecule has 186 valence electrons. The maximum Gasteiger partial charge on any atom is 0.404 e. The molecule has 0 radical (unpaired) electrons. The molecular formula is C30H47ClO2. The van der Waals surface area contributed by atoms with E-state index in [9.17, 15) is 4.79 Å². The summed E-state index contributed by atoms with van der Waals surface area (Å²) in [5.41, 5.74) is 1.67. The molecule has 0 N–H and O–H groups in total. The van der Waals surface area contributed by atoms with Crippen LogP contribution in [0.3, 0.4) is 0 Å². The van der Waals surface area contributed by atoms with Crippen LogP contribution in [-0.4, -0.2) is 11.5 Å². The van der Waals surface area contributed by atoms with E-state index in [0.717, 1.165) is 48.9 Å². The molecule has 2 nitrogen and oxygen atoms in total. The van der Waals surface area contributed by atoms with Crippen LogP contribution in [-0.2, 0) is 4.74 Å². The lowest BCUT2D eigenvalue weighted by Gasteiger charge is -2.58. The van der Waals surface area contributed by atoms with Crippen molar-refractivity contribution in [3.8, 4) is 0 Å². The van der Waals surface area contributed by atoms with Gasteiger partial charge in [0.1, 0.15) is 6.10 Å². The number of hydrogen-bond acceptors (Lipinski definition) is 2. The van der Waals surface area contributed by atoms with Crippen LogP contribution in [0, 0.1) is 52.3 Å². The van der Waals surface area contributed by atoms with E-state index in [-0.39, 0.29) is 11.5 Å². The van der Waals surface area contributed by atoms with Crippen LogP contribution >= 0.6 is 11.6 Å². The molecule has 3 unspecified atom stereocenters. The van der Waals surface area contributed by atoms with E-state index in [0.29, 0.717) is 17.3 Å². The molecule has 0 saturated heterocycles. The van der Waals surface area contributed by atoms with Crippen LogP contribution in [0.2, 0.25) is 0 Å². The molecule has 4 aliphatic rings. The molecule has 0 aromatic heterocycles. The van der Waals surface area contributed by atoms with Gasteiger partial charge in [-0.2, -0.15) is 0 Å². The van der Waals surface area contributed by atoms with Gasteiger partial charge >= 0.3 is 5.43 Å². The van der Waals surface area contributed by atoms with E-state index in [4.69, 9.17) is 16.3 Å². The SMILES string of the molecule is CC[C@H](C=C[C@@H](C)[C@H]1CCC2C3CC=C4C[C@@H](OC(=O)Cl)CC[C@]4(C)C3CC[C@@]21C)C(C)C.